The first-order chi connectivity index (χ1) is 13.1. The van der Waals surface area contributed by atoms with Gasteiger partial charge in [-0.25, -0.2) is 0 Å². The van der Waals surface area contributed by atoms with E-state index in [-0.39, 0.29) is 5.91 Å². The maximum Gasteiger partial charge on any atom is 0.223 e. The van der Waals surface area contributed by atoms with Crippen molar-refractivity contribution >= 4 is 5.91 Å². The van der Waals surface area contributed by atoms with E-state index in [1.807, 2.05) is 4.90 Å². The number of carbonyl (C=O) groups excluding carboxylic acids is 1. The van der Waals surface area contributed by atoms with Gasteiger partial charge in [-0.3, -0.25) is 14.4 Å². The molecule has 1 fully saturated rings. The molecule has 0 bridgehead atoms. The van der Waals surface area contributed by atoms with Crippen LogP contribution in [0.2, 0.25) is 0 Å². The minimum absolute atomic E-state index is 0.272. The van der Waals surface area contributed by atoms with Gasteiger partial charge in [0.25, 0.3) is 0 Å². The lowest BCUT2D eigenvalue weighted by Crippen LogP contribution is -2.51. The lowest BCUT2D eigenvalue weighted by molar-refractivity contribution is -0.133. The molecule has 0 aliphatic carbocycles. The molecule has 6 heteroatoms. The third kappa shape index (κ3) is 4.91. The highest BCUT2D eigenvalue weighted by molar-refractivity contribution is 5.76. The fraction of sp³-hybridized carbons (Fsp3) is 0.810. The standard InChI is InChI=1S/C21H36N4O2/c1-4-6-17(3)23-11-13-24(14-12-23)21(26)8-7-19-18-16-27-15-9-20(18)25(22-19)10-5-2/h17H,4-16H2,1-3H3. The Morgan fingerprint density at radius 2 is 1.96 bits per heavy atom. The van der Waals surface area contributed by atoms with Crippen LogP contribution in [0.3, 0.4) is 0 Å². The first kappa shape index (κ1) is 20.3. The highest BCUT2D eigenvalue weighted by Crippen LogP contribution is 2.23. The maximum atomic E-state index is 12.7. The molecular weight excluding hydrogens is 340 g/mol. The van der Waals surface area contributed by atoms with Crippen LogP contribution in [0.5, 0.6) is 0 Å². The number of carbonyl (C=O) groups is 1. The van der Waals surface area contributed by atoms with Crippen molar-refractivity contribution in [2.45, 2.75) is 78.5 Å². The van der Waals surface area contributed by atoms with E-state index < -0.39 is 0 Å². The molecule has 2 aliphatic rings. The summed E-state index contributed by atoms with van der Waals surface area (Å²) in [6.45, 7) is 12.8. The van der Waals surface area contributed by atoms with Gasteiger partial charge in [-0.05, 0) is 19.8 Å². The van der Waals surface area contributed by atoms with Crippen LogP contribution in [-0.4, -0.2) is 64.3 Å². The third-order valence-corrected chi connectivity index (χ3v) is 5.99. The Morgan fingerprint density at radius 3 is 2.67 bits per heavy atom. The number of ether oxygens (including phenoxy) is 1. The molecule has 2 aliphatic heterocycles. The zero-order valence-electron chi connectivity index (χ0n) is 17.4. The number of nitrogens with zero attached hydrogens (tertiary/aromatic N) is 4. The predicted molar refractivity (Wildman–Crippen MR) is 107 cm³/mol. The molecule has 27 heavy (non-hydrogen) atoms. The van der Waals surface area contributed by atoms with Gasteiger partial charge < -0.3 is 9.64 Å². The molecular formula is C21H36N4O2. The minimum atomic E-state index is 0.272. The molecule has 0 spiro atoms. The number of rotatable bonds is 8. The van der Waals surface area contributed by atoms with Gasteiger partial charge in [0, 0.05) is 69.3 Å². The summed E-state index contributed by atoms with van der Waals surface area (Å²) in [5, 5.41) is 4.81. The summed E-state index contributed by atoms with van der Waals surface area (Å²) in [5.41, 5.74) is 3.63. The van der Waals surface area contributed by atoms with Crippen LogP contribution < -0.4 is 0 Å². The second-order valence-electron chi connectivity index (χ2n) is 7.95. The molecule has 1 aromatic rings. The summed E-state index contributed by atoms with van der Waals surface area (Å²) >= 11 is 0. The van der Waals surface area contributed by atoms with Crippen molar-refractivity contribution in [2.24, 2.45) is 0 Å². The highest BCUT2D eigenvalue weighted by Gasteiger charge is 2.25. The monoisotopic (exact) mass is 376 g/mol. The molecule has 3 heterocycles. The van der Waals surface area contributed by atoms with E-state index >= 15 is 0 Å². The van der Waals surface area contributed by atoms with E-state index in [4.69, 9.17) is 9.84 Å². The molecule has 3 rings (SSSR count). The number of aromatic nitrogens is 2. The molecule has 0 aromatic carbocycles. The van der Waals surface area contributed by atoms with E-state index in [0.29, 0.717) is 19.1 Å². The van der Waals surface area contributed by atoms with E-state index in [0.717, 1.165) is 64.3 Å². The Bertz CT molecular complexity index is 620. The number of hydrogen-bond donors (Lipinski definition) is 0. The first-order valence-electron chi connectivity index (χ1n) is 10.8. The molecule has 1 aromatic heterocycles. The molecule has 6 nitrogen and oxygen atoms in total. The number of aryl methyl sites for hydroxylation is 2. The summed E-state index contributed by atoms with van der Waals surface area (Å²) in [6, 6.07) is 0.626. The van der Waals surface area contributed by atoms with Gasteiger partial charge in [0.1, 0.15) is 0 Å². The molecule has 0 N–H and O–H groups in total. The van der Waals surface area contributed by atoms with Crippen molar-refractivity contribution in [3.05, 3.63) is 17.0 Å². The molecule has 0 radical (unpaired) electrons. The second kappa shape index (κ2) is 9.69. The summed E-state index contributed by atoms with van der Waals surface area (Å²) in [4.78, 5) is 17.3. The smallest absolute Gasteiger partial charge is 0.223 e. The van der Waals surface area contributed by atoms with Crippen LogP contribution in [0.25, 0.3) is 0 Å². The topological polar surface area (TPSA) is 50.6 Å². The molecule has 1 atom stereocenters. The zero-order valence-corrected chi connectivity index (χ0v) is 17.4. The average molecular weight is 377 g/mol. The van der Waals surface area contributed by atoms with Gasteiger partial charge in [-0.1, -0.05) is 20.3 Å². The summed E-state index contributed by atoms with van der Waals surface area (Å²) < 4.78 is 7.80. The molecule has 1 unspecified atom stereocenters. The van der Waals surface area contributed by atoms with Gasteiger partial charge in [0.2, 0.25) is 5.91 Å². The van der Waals surface area contributed by atoms with Gasteiger partial charge in [0.05, 0.1) is 18.9 Å². The molecule has 0 saturated carbocycles. The van der Waals surface area contributed by atoms with Crippen LogP contribution in [0.1, 0.15) is 63.4 Å². The van der Waals surface area contributed by atoms with Gasteiger partial charge in [-0.15, -0.1) is 0 Å². The summed E-state index contributed by atoms with van der Waals surface area (Å²) in [7, 11) is 0. The summed E-state index contributed by atoms with van der Waals surface area (Å²) in [5.74, 6) is 0.272. The lowest BCUT2D eigenvalue weighted by Gasteiger charge is -2.38. The molecule has 1 amide bonds. The van der Waals surface area contributed by atoms with E-state index in [1.165, 1.54) is 24.1 Å². The Balaban J connectivity index is 1.53. The third-order valence-electron chi connectivity index (χ3n) is 5.99. The quantitative estimate of drug-likeness (QED) is 0.700. The van der Waals surface area contributed by atoms with Crippen molar-refractivity contribution < 1.29 is 9.53 Å². The van der Waals surface area contributed by atoms with Crippen molar-refractivity contribution in [1.29, 1.82) is 0 Å². The van der Waals surface area contributed by atoms with Crippen LogP contribution in [0.4, 0.5) is 0 Å². The lowest BCUT2D eigenvalue weighted by atomic mass is 10.1. The number of piperazine rings is 1. The highest BCUT2D eigenvalue weighted by atomic mass is 16.5. The van der Waals surface area contributed by atoms with E-state index in [9.17, 15) is 4.79 Å². The van der Waals surface area contributed by atoms with Crippen LogP contribution >= 0.6 is 0 Å². The summed E-state index contributed by atoms with van der Waals surface area (Å²) in [6.07, 6.45) is 5.76. The van der Waals surface area contributed by atoms with E-state index in [2.05, 4.69) is 30.4 Å². The predicted octanol–water partition coefficient (Wildman–Crippen LogP) is 2.63. The fourth-order valence-electron chi connectivity index (χ4n) is 4.37. The Hall–Kier alpha value is -1.40. The first-order valence-corrected chi connectivity index (χ1v) is 10.8. The van der Waals surface area contributed by atoms with Crippen LogP contribution in [0, 0.1) is 0 Å². The zero-order chi connectivity index (χ0) is 19.2. The average Bonchev–Trinajstić information content (AvgIpc) is 3.04. The maximum absolute atomic E-state index is 12.7. The van der Waals surface area contributed by atoms with Crippen molar-refractivity contribution in [3.8, 4) is 0 Å². The van der Waals surface area contributed by atoms with Crippen molar-refractivity contribution in [2.75, 3.05) is 32.8 Å². The fourth-order valence-corrected chi connectivity index (χ4v) is 4.37. The van der Waals surface area contributed by atoms with Crippen molar-refractivity contribution in [1.82, 2.24) is 19.6 Å². The molecule has 1 saturated heterocycles. The Labute approximate surface area is 163 Å². The van der Waals surface area contributed by atoms with Crippen LogP contribution in [0.15, 0.2) is 0 Å². The van der Waals surface area contributed by atoms with Gasteiger partial charge in [-0.2, -0.15) is 5.10 Å². The SMILES string of the molecule is CCCC(C)N1CCN(C(=O)CCc2nn(CCC)c3c2COCC3)CC1. The van der Waals surface area contributed by atoms with Crippen molar-refractivity contribution in [3.63, 3.8) is 0 Å². The Kier molecular flexibility index (Phi) is 7.30. The second-order valence-corrected chi connectivity index (χ2v) is 7.95. The normalized spacial score (nSPS) is 19.1. The number of amides is 1. The van der Waals surface area contributed by atoms with Gasteiger partial charge in [0.15, 0.2) is 0 Å². The van der Waals surface area contributed by atoms with Gasteiger partial charge >= 0.3 is 0 Å². The van der Waals surface area contributed by atoms with Crippen LogP contribution in [-0.2, 0) is 35.5 Å². The van der Waals surface area contributed by atoms with E-state index in [1.54, 1.807) is 0 Å². The largest absolute Gasteiger partial charge is 0.376 e. The number of hydrogen-bond acceptors (Lipinski definition) is 4. The number of fused-ring (bicyclic) bond motifs is 1. The minimum Gasteiger partial charge on any atom is -0.376 e. The Morgan fingerprint density at radius 1 is 1.19 bits per heavy atom. The molecule has 152 valence electrons.